The quantitative estimate of drug-likeness (QED) is 0.208. The topological polar surface area (TPSA) is 92.8 Å². The molecule has 1 aromatic heterocycles. The van der Waals surface area contributed by atoms with Gasteiger partial charge in [-0.2, -0.15) is 0 Å². The van der Waals surface area contributed by atoms with Gasteiger partial charge in [0.1, 0.15) is 5.69 Å². The lowest BCUT2D eigenvalue weighted by atomic mass is 10.2. The van der Waals surface area contributed by atoms with E-state index >= 15 is 0 Å². The average molecular weight is 252 g/mol. The third kappa shape index (κ3) is 5.11. The molecule has 0 aliphatic carbocycles. The lowest BCUT2D eigenvalue weighted by Gasteiger charge is -2.06. The summed E-state index contributed by atoms with van der Waals surface area (Å²) < 4.78 is 4.97. The number of ether oxygens (including phenoxy) is 1. The molecule has 0 atom stereocenters. The Hall–Kier alpha value is -1.66. The standard InChI is InChI=1S/C12H20N4O2/c1-18-7-3-2-5-14-9-10-4-6-15-11(8-10)12(13)16-17/h4,6,8,14,17H,2-3,5,7,9H2,1H3,(H2,13,16). The van der Waals surface area contributed by atoms with E-state index < -0.39 is 0 Å². The van der Waals surface area contributed by atoms with Crippen LogP contribution in [0.15, 0.2) is 23.5 Å². The molecule has 1 heterocycles. The van der Waals surface area contributed by atoms with Gasteiger partial charge in [-0.1, -0.05) is 5.16 Å². The summed E-state index contributed by atoms with van der Waals surface area (Å²) in [5.74, 6) is 0.0249. The number of nitrogens with two attached hydrogens (primary N) is 1. The highest BCUT2D eigenvalue weighted by atomic mass is 16.5. The highest BCUT2D eigenvalue weighted by Gasteiger charge is 2.01. The fourth-order valence-corrected chi connectivity index (χ4v) is 1.50. The second kappa shape index (κ2) is 8.43. The van der Waals surface area contributed by atoms with Gasteiger partial charge in [0.15, 0.2) is 5.84 Å². The summed E-state index contributed by atoms with van der Waals surface area (Å²) in [4.78, 5) is 4.02. The summed E-state index contributed by atoms with van der Waals surface area (Å²) in [5.41, 5.74) is 7.01. The number of aromatic nitrogens is 1. The van der Waals surface area contributed by atoms with Crippen molar-refractivity contribution < 1.29 is 9.94 Å². The number of rotatable bonds is 8. The molecule has 6 nitrogen and oxygen atoms in total. The summed E-state index contributed by atoms with van der Waals surface area (Å²) >= 11 is 0. The summed E-state index contributed by atoms with van der Waals surface area (Å²) in [7, 11) is 1.71. The molecule has 18 heavy (non-hydrogen) atoms. The first kappa shape index (κ1) is 14.4. The van der Waals surface area contributed by atoms with Crippen LogP contribution in [-0.2, 0) is 11.3 Å². The van der Waals surface area contributed by atoms with Gasteiger partial charge in [-0.3, -0.25) is 4.98 Å². The van der Waals surface area contributed by atoms with E-state index in [9.17, 15) is 0 Å². The molecule has 1 rings (SSSR count). The fraction of sp³-hybridized carbons (Fsp3) is 0.500. The van der Waals surface area contributed by atoms with Crippen LogP contribution in [0.3, 0.4) is 0 Å². The molecule has 6 heteroatoms. The van der Waals surface area contributed by atoms with Crippen molar-refractivity contribution in [2.45, 2.75) is 19.4 Å². The zero-order chi connectivity index (χ0) is 13.2. The Bertz CT molecular complexity index is 382. The van der Waals surface area contributed by atoms with Crippen molar-refractivity contribution in [3.8, 4) is 0 Å². The van der Waals surface area contributed by atoms with Gasteiger partial charge >= 0.3 is 0 Å². The van der Waals surface area contributed by atoms with Gasteiger partial charge in [0.05, 0.1) is 0 Å². The predicted octanol–water partition coefficient (Wildman–Crippen LogP) is 0.692. The van der Waals surface area contributed by atoms with Crippen LogP contribution in [0, 0.1) is 0 Å². The molecule has 0 aromatic carbocycles. The smallest absolute Gasteiger partial charge is 0.188 e. The summed E-state index contributed by atoms with van der Waals surface area (Å²) in [5, 5.41) is 14.8. The van der Waals surface area contributed by atoms with Crippen LogP contribution in [0.4, 0.5) is 0 Å². The molecule has 0 spiro atoms. The summed E-state index contributed by atoms with van der Waals surface area (Å²) in [6, 6.07) is 3.70. The second-order valence-electron chi connectivity index (χ2n) is 3.91. The molecular formula is C12H20N4O2. The summed E-state index contributed by atoms with van der Waals surface area (Å²) in [6.07, 6.45) is 3.77. The molecule has 0 radical (unpaired) electrons. The van der Waals surface area contributed by atoms with E-state index in [-0.39, 0.29) is 5.84 Å². The minimum absolute atomic E-state index is 0.0249. The Morgan fingerprint density at radius 1 is 1.56 bits per heavy atom. The Morgan fingerprint density at radius 3 is 3.11 bits per heavy atom. The number of hydrogen-bond acceptors (Lipinski definition) is 5. The number of unbranched alkanes of at least 4 members (excludes halogenated alkanes) is 1. The van der Waals surface area contributed by atoms with Gasteiger partial charge < -0.3 is 21.0 Å². The molecule has 0 aliphatic rings. The van der Waals surface area contributed by atoms with E-state index in [0.717, 1.165) is 38.1 Å². The Balaban J connectivity index is 2.34. The third-order valence-corrected chi connectivity index (χ3v) is 2.48. The maximum Gasteiger partial charge on any atom is 0.188 e. The van der Waals surface area contributed by atoms with E-state index in [4.69, 9.17) is 15.7 Å². The summed E-state index contributed by atoms with van der Waals surface area (Å²) in [6.45, 7) is 2.47. The van der Waals surface area contributed by atoms with Gasteiger partial charge in [0.25, 0.3) is 0 Å². The van der Waals surface area contributed by atoms with Crippen LogP contribution in [0.5, 0.6) is 0 Å². The number of oxime groups is 1. The van der Waals surface area contributed by atoms with Gasteiger partial charge in [-0.15, -0.1) is 0 Å². The second-order valence-corrected chi connectivity index (χ2v) is 3.91. The van der Waals surface area contributed by atoms with Crippen LogP contribution < -0.4 is 11.1 Å². The first-order valence-electron chi connectivity index (χ1n) is 5.90. The van der Waals surface area contributed by atoms with Crippen molar-refractivity contribution in [1.29, 1.82) is 0 Å². The van der Waals surface area contributed by atoms with Crippen LogP contribution in [0.2, 0.25) is 0 Å². The van der Waals surface area contributed by atoms with Crippen molar-refractivity contribution in [1.82, 2.24) is 10.3 Å². The molecule has 0 fully saturated rings. The van der Waals surface area contributed by atoms with Crippen molar-refractivity contribution in [2.24, 2.45) is 10.9 Å². The van der Waals surface area contributed by atoms with Crippen LogP contribution in [-0.4, -0.2) is 36.3 Å². The van der Waals surface area contributed by atoms with Crippen molar-refractivity contribution >= 4 is 5.84 Å². The third-order valence-electron chi connectivity index (χ3n) is 2.48. The lowest BCUT2D eigenvalue weighted by molar-refractivity contribution is 0.192. The molecule has 0 saturated carbocycles. The highest BCUT2D eigenvalue weighted by molar-refractivity contribution is 5.95. The zero-order valence-electron chi connectivity index (χ0n) is 10.6. The maximum atomic E-state index is 8.57. The van der Waals surface area contributed by atoms with E-state index in [1.165, 1.54) is 0 Å². The maximum absolute atomic E-state index is 8.57. The average Bonchev–Trinajstić information content (AvgIpc) is 2.42. The number of nitrogens with one attached hydrogen (secondary N) is 1. The first-order valence-corrected chi connectivity index (χ1v) is 5.90. The lowest BCUT2D eigenvalue weighted by Crippen LogP contribution is -2.18. The van der Waals surface area contributed by atoms with E-state index in [2.05, 4.69) is 15.5 Å². The Labute approximate surface area is 107 Å². The molecular weight excluding hydrogens is 232 g/mol. The predicted molar refractivity (Wildman–Crippen MR) is 69.6 cm³/mol. The molecule has 0 saturated heterocycles. The van der Waals surface area contributed by atoms with Crippen molar-refractivity contribution in [2.75, 3.05) is 20.3 Å². The minimum Gasteiger partial charge on any atom is -0.409 e. The van der Waals surface area contributed by atoms with E-state index in [1.807, 2.05) is 6.07 Å². The molecule has 4 N–H and O–H groups in total. The van der Waals surface area contributed by atoms with Crippen LogP contribution in [0.1, 0.15) is 24.1 Å². The molecule has 100 valence electrons. The number of nitrogens with zero attached hydrogens (tertiary/aromatic N) is 2. The van der Waals surface area contributed by atoms with Crippen molar-refractivity contribution in [3.05, 3.63) is 29.6 Å². The normalized spacial score (nSPS) is 11.7. The minimum atomic E-state index is 0.0249. The van der Waals surface area contributed by atoms with E-state index in [0.29, 0.717) is 5.69 Å². The fourth-order valence-electron chi connectivity index (χ4n) is 1.50. The van der Waals surface area contributed by atoms with Crippen molar-refractivity contribution in [3.63, 3.8) is 0 Å². The van der Waals surface area contributed by atoms with Crippen LogP contribution in [0.25, 0.3) is 0 Å². The number of amidine groups is 1. The Kier molecular flexibility index (Phi) is 6.75. The van der Waals surface area contributed by atoms with Gasteiger partial charge in [-0.05, 0) is 37.1 Å². The first-order chi connectivity index (χ1) is 8.77. The monoisotopic (exact) mass is 252 g/mol. The highest BCUT2D eigenvalue weighted by Crippen LogP contribution is 2.01. The molecule has 0 bridgehead atoms. The van der Waals surface area contributed by atoms with Crippen LogP contribution >= 0.6 is 0 Å². The van der Waals surface area contributed by atoms with E-state index in [1.54, 1.807) is 19.4 Å². The number of pyridine rings is 1. The molecule has 0 aliphatic heterocycles. The zero-order valence-corrected chi connectivity index (χ0v) is 10.6. The molecule has 0 amide bonds. The SMILES string of the molecule is COCCCCNCc1ccnc(C(N)=NO)c1. The Morgan fingerprint density at radius 2 is 2.39 bits per heavy atom. The molecule has 1 aromatic rings. The number of hydrogen-bond donors (Lipinski definition) is 3. The largest absolute Gasteiger partial charge is 0.409 e. The van der Waals surface area contributed by atoms with Gasteiger partial charge in [0.2, 0.25) is 0 Å². The van der Waals surface area contributed by atoms with Gasteiger partial charge in [0, 0.05) is 26.5 Å². The van der Waals surface area contributed by atoms with Gasteiger partial charge in [-0.25, -0.2) is 0 Å². The molecule has 0 unspecified atom stereocenters. The number of methoxy groups -OCH3 is 1.